The highest BCUT2D eigenvalue weighted by atomic mass is 35.5. The maximum Gasteiger partial charge on any atom is 0.291 e. The number of nitrogens with one attached hydrogen (secondary N) is 1. The van der Waals surface area contributed by atoms with Crippen LogP contribution < -0.4 is 5.32 Å². The molecule has 1 aliphatic rings. The Bertz CT molecular complexity index is 1250. The molecule has 4 heterocycles. The minimum absolute atomic E-state index is 0.00379. The number of halogens is 5. The van der Waals surface area contributed by atoms with Crippen molar-refractivity contribution in [3.05, 3.63) is 52.0 Å². The summed E-state index contributed by atoms with van der Waals surface area (Å²) in [6, 6.07) is 2.59. The van der Waals surface area contributed by atoms with Crippen LogP contribution in [0.3, 0.4) is 0 Å². The number of hydrogen-bond donors (Lipinski definition) is 1. The number of morpholine rings is 1. The molecule has 1 saturated heterocycles. The van der Waals surface area contributed by atoms with Crippen LogP contribution in [0.5, 0.6) is 0 Å². The van der Waals surface area contributed by atoms with Gasteiger partial charge in [-0.2, -0.15) is 10.2 Å². The molecule has 0 bridgehead atoms. The van der Waals surface area contributed by atoms with E-state index in [0.29, 0.717) is 37.5 Å². The lowest BCUT2D eigenvalue weighted by molar-refractivity contribution is 0.0295. The molecule has 4 rings (SSSR count). The highest BCUT2D eigenvalue weighted by Gasteiger charge is 2.29. The van der Waals surface area contributed by atoms with E-state index >= 15 is 0 Å². The average Bonchev–Trinajstić information content (AvgIpc) is 3.56. The Hall–Kier alpha value is -3.39. The van der Waals surface area contributed by atoms with E-state index in [1.165, 1.54) is 23.0 Å². The molecule has 0 atom stereocenters. The number of furan rings is 1. The summed E-state index contributed by atoms with van der Waals surface area (Å²) in [7, 11) is 0. The molecule has 10 nitrogen and oxygen atoms in total. The number of amides is 2. The van der Waals surface area contributed by atoms with Crippen LogP contribution in [0.25, 0.3) is 0 Å². The zero-order valence-corrected chi connectivity index (χ0v) is 19.6. The molecule has 0 aliphatic carbocycles. The van der Waals surface area contributed by atoms with E-state index < -0.39 is 41.7 Å². The van der Waals surface area contributed by atoms with E-state index in [-0.39, 0.29) is 28.8 Å². The van der Waals surface area contributed by atoms with Gasteiger partial charge in [-0.3, -0.25) is 19.0 Å². The van der Waals surface area contributed by atoms with Crippen LogP contribution in [-0.2, 0) is 17.8 Å². The number of rotatable bonds is 8. The summed E-state index contributed by atoms with van der Waals surface area (Å²) in [4.78, 5) is 27.4. The maximum absolute atomic E-state index is 13.4. The van der Waals surface area contributed by atoms with Crippen LogP contribution in [0.1, 0.15) is 58.0 Å². The number of nitrogens with zero attached hydrogens (tertiary/aromatic N) is 5. The molecule has 0 spiro atoms. The molecule has 15 heteroatoms. The van der Waals surface area contributed by atoms with Crippen molar-refractivity contribution in [2.24, 2.45) is 0 Å². The van der Waals surface area contributed by atoms with E-state index in [9.17, 15) is 27.2 Å². The highest BCUT2D eigenvalue weighted by molar-refractivity contribution is 6.32. The molecule has 0 aromatic carbocycles. The number of carbonyl (C=O) groups is 2. The molecule has 3 aromatic rings. The van der Waals surface area contributed by atoms with Gasteiger partial charge in [0, 0.05) is 19.6 Å². The number of hydrogen-bond acceptors (Lipinski definition) is 6. The molecule has 1 N–H and O–H groups in total. The summed E-state index contributed by atoms with van der Waals surface area (Å²) in [5.74, 6) is -1.26. The van der Waals surface area contributed by atoms with Gasteiger partial charge in [0.25, 0.3) is 24.7 Å². The normalized spacial score (nSPS) is 14.2. The van der Waals surface area contributed by atoms with E-state index in [1.807, 2.05) is 0 Å². The van der Waals surface area contributed by atoms with Gasteiger partial charge in [0.05, 0.1) is 36.7 Å². The molecule has 0 radical (unpaired) electrons. The van der Waals surface area contributed by atoms with Gasteiger partial charge < -0.3 is 19.4 Å². The predicted octanol–water partition coefficient (Wildman–Crippen LogP) is 3.99. The molecular formula is C21H21ClF4N6O4. The first kappa shape index (κ1) is 25.7. The van der Waals surface area contributed by atoms with Crippen molar-refractivity contribution in [3.8, 4) is 0 Å². The lowest BCUT2D eigenvalue weighted by Crippen LogP contribution is -2.41. The van der Waals surface area contributed by atoms with E-state index in [1.54, 1.807) is 11.8 Å². The SMILES string of the molecule is CCn1ncc(NC(=O)c2ccc(Cn3nc(C(F)F)c(Cl)c3C(F)F)o2)c1C(=O)N1CCOCC1. The van der Waals surface area contributed by atoms with Crippen LogP contribution in [0, 0.1) is 0 Å². The standard InChI is InChI=1S/C21H21ClF4N6O4/c1-2-31-16(21(34)30-5-7-35-8-6-30)12(9-27-31)28-20(33)13-4-3-11(36-13)10-32-17(19(25)26)14(22)15(29-32)18(23)24/h3-4,9,18-19H,2,5-8,10H2,1H3,(H,28,33). The van der Waals surface area contributed by atoms with Crippen LogP contribution in [0.2, 0.25) is 5.02 Å². The summed E-state index contributed by atoms with van der Waals surface area (Å²) in [6.07, 6.45) is -4.97. The second-order valence-corrected chi connectivity index (χ2v) is 8.07. The third-order valence-corrected chi connectivity index (χ3v) is 5.84. The van der Waals surface area contributed by atoms with Gasteiger partial charge in [-0.05, 0) is 19.1 Å². The number of carbonyl (C=O) groups excluding carboxylic acids is 2. The number of ether oxygens (including phenoxy) is 1. The van der Waals surface area contributed by atoms with Gasteiger partial charge in [0.1, 0.15) is 22.8 Å². The predicted molar refractivity (Wildman–Crippen MR) is 118 cm³/mol. The Morgan fingerprint density at radius 2 is 1.86 bits per heavy atom. The van der Waals surface area contributed by atoms with E-state index in [4.69, 9.17) is 20.8 Å². The molecule has 1 aliphatic heterocycles. The van der Waals surface area contributed by atoms with E-state index in [0.717, 1.165) is 0 Å². The minimum atomic E-state index is -3.16. The third kappa shape index (κ3) is 5.09. The number of anilines is 1. The van der Waals surface area contributed by atoms with Crippen molar-refractivity contribution in [1.82, 2.24) is 24.5 Å². The second-order valence-electron chi connectivity index (χ2n) is 7.69. The first-order valence-electron chi connectivity index (χ1n) is 10.9. The third-order valence-electron chi connectivity index (χ3n) is 5.45. The minimum Gasteiger partial charge on any atom is -0.454 e. The first-order chi connectivity index (χ1) is 17.2. The Morgan fingerprint density at radius 1 is 1.14 bits per heavy atom. The van der Waals surface area contributed by atoms with Gasteiger partial charge in [-0.25, -0.2) is 17.6 Å². The highest BCUT2D eigenvalue weighted by Crippen LogP contribution is 2.35. The summed E-state index contributed by atoms with van der Waals surface area (Å²) in [5, 5.41) is 9.37. The molecular weight excluding hydrogens is 512 g/mol. The topological polar surface area (TPSA) is 107 Å². The Morgan fingerprint density at radius 3 is 2.50 bits per heavy atom. The Balaban J connectivity index is 1.52. The summed E-state index contributed by atoms with van der Waals surface area (Å²) in [6.45, 7) is 3.30. The Kier molecular flexibility index (Phi) is 7.64. The molecule has 36 heavy (non-hydrogen) atoms. The lowest BCUT2D eigenvalue weighted by atomic mass is 10.2. The van der Waals surface area contributed by atoms with Crippen molar-refractivity contribution in [3.63, 3.8) is 0 Å². The van der Waals surface area contributed by atoms with Crippen LogP contribution >= 0.6 is 11.6 Å². The largest absolute Gasteiger partial charge is 0.454 e. The molecule has 0 unspecified atom stereocenters. The smallest absolute Gasteiger partial charge is 0.291 e. The van der Waals surface area contributed by atoms with Crippen LogP contribution in [0.4, 0.5) is 23.2 Å². The molecule has 3 aromatic heterocycles. The fraction of sp³-hybridized carbons (Fsp3) is 0.429. The Labute approximate surface area is 206 Å². The maximum atomic E-state index is 13.4. The van der Waals surface area contributed by atoms with Gasteiger partial charge in [-0.1, -0.05) is 11.6 Å². The van der Waals surface area contributed by atoms with Crippen molar-refractivity contribution in [1.29, 1.82) is 0 Å². The number of aryl methyl sites for hydroxylation is 1. The van der Waals surface area contributed by atoms with Gasteiger partial charge >= 0.3 is 0 Å². The van der Waals surface area contributed by atoms with E-state index in [2.05, 4.69) is 15.5 Å². The molecule has 1 fully saturated rings. The van der Waals surface area contributed by atoms with Crippen LogP contribution in [-0.4, -0.2) is 62.6 Å². The fourth-order valence-electron chi connectivity index (χ4n) is 3.72. The summed E-state index contributed by atoms with van der Waals surface area (Å²) < 4.78 is 65.6. The van der Waals surface area contributed by atoms with Crippen molar-refractivity contribution in [2.75, 3.05) is 31.6 Å². The molecule has 0 saturated carbocycles. The number of alkyl halides is 4. The summed E-state index contributed by atoms with van der Waals surface area (Å²) in [5.41, 5.74) is -1.50. The first-order valence-corrected chi connectivity index (χ1v) is 11.2. The zero-order chi connectivity index (χ0) is 26.0. The molecule has 194 valence electrons. The average molecular weight is 533 g/mol. The number of aromatic nitrogens is 4. The fourth-order valence-corrected chi connectivity index (χ4v) is 4.02. The monoisotopic (exact) mass is 532 g/mol. The molecule has 2 amide bonds. The van der Waals surface area contributed by atoms with Crippen molar-refractivity contribution >= 4 is 29.1 Å². The van der Waals surface area contributed by atoms with Gasteiger partial charge in [0.15, 0.2) is 5.76 Å². The zero-order valence-electron chi connectivity index (χ0n) is 18.9. The summed E-state index contributed by atoms with van der Waals surface area (Å²) >= 11 is 5.66. The van der Waals surface area contributed by atoms with Crippen LogP contribution in [0.15, 0.2) is 22.7 Å². The quantitative estimate of drug-likeness (QED) is 0.440. The van der Waals surface area contributed by atoms with Crippen molar-refractivity contribution in [2.45, 2.75) is 32.9 Å². The lowest BCUT2D eigenvalue weighted by Gasteiger charge is -2.27. The van der Waals surface area contributed by atoms with Gasteiger partial charge in [0.2, 0.25) is 0 Å². The second kappa shape index (κ2) is 10.7. The van der Waals surface area contributed by atoms with Crippen molar-refractivity contribution < 1.29 is 36.3 Å². The van der Waals surface area contributed by atoms with Gasteiger partial charge in [-0.15, -0.1) is 0 Å².